The van der Waals surface area contributed by atoms with Crippen LogP contribution in [0.3, 0.4) is 0 Å². The van der Waals surface area contributed by atoms with Crippen LogP contribution in [0.1, 0.15) is 38.7 Å². The number of rotatable bonds is 3. The Balaban J connectivity index is 2.08. The van der Waals surface area contributed by atoms with Gasteiger partial charge in [0.25, 0.3) is 0 Å². The zero-order chi connectivity index (χ0) is 13.1. The van der Waals surface area contributed by atoms with Gasteiger partial charge in [0.05, 0.1) is 11.9 Å². The first-order valence-electron chi connectivity index (χ1n) is 6.58. The molecule has 0 radical (unpaired) electrons. The summed E-state index contributed by atoms with van der Waals surface area (Å²) in [5.41, 5.74) is 7.60. The van der Waals surface area contributed by atoms with Crippen LogP contribution in [-0.2, 0) is 0 Å². The predicted molar refractivity (Wildman–Crippen MR) is 79.7 cm³/mol. The maximum atomic E-state index is 5.73. The Morgan fingerprint density at radius 1 is 1.39 bits per heavy atom. The molecule has 3 N–H and O–H groups in total. The van der Waals surface area contributed by atoms with Crippen LogP contribution < -0.4 is 11.1 Å². The lowest BCUT2D eigenvalue weighted by atomic mass is 9.79. The first kappa shape index (κ1) is 13.3. The van der Waals surface area contributed by atoms with Crippen LogP contribution in [-0.4, -0.2) is 16.0 Å². The monoisotopic (exact) mass is 263 g/mol. The van der Waals surface area contributed by atoms with Crippen molar-refractivity contribution in [1.29, 1.82) is 0 Å². The molecule has 1 fully saturated rings. The van der Waals surface area contributed by atoms with Gasteiger partial charge < -0.3 is 11.1 Å². The number of nitrogens with one attached hydrogen (secondary N) is 1. The van der Waals surface area contributed by atoms with Crippen molar-refractivity contribution in [3.05, 3.63) is 24.0 Å². The molecule has 4 heteroatoms. The highest BCUT2D eigenvalue weighted by atomic mass is 32.1. The zero-order valence-electron chi connectivity index (χ0n) is 11.0. The fourth-order valence-corrected chi connectivity index (χ4v) is 2.80. The quantitative estimate of drug-likeness (QED) is 0.823. The minimum absolute atomic E-state index is 0.428. The molecule has 0 aromatic carbocycles. The maximum Gasteiger partial charge on any atom is 0.106 e. The molecule has 3 unspecified atom stereocenters. The van der Waals surface area contributed by atoms with Gasteiger partial charge in [-0.15, -0.1) is 0 Å². The zero-order valence-corrected chi connectivity index (χ0v) is 11.8. The summed E-state index contributed by atoms with van der Waals surface area (Å²) in [7, 11) is 0. The highest BCUT2D eigenvalue weighted by Crippen LogP contribution is 2.31. The van der Waals surface area contributed by atoms with Crippen molar-refractivity contribution < 1.29 is 0 Å². The molecule has 1 saturated carbocycles. The first-order chi connectivity index (χ1) is 8.58. The van der Waals surface area contributed by atoms with E-state index in [0.717, 1.165) is 23.1 Å². The standard InChI is InChI=1S/C14H21N3S/c1-9-3-4-11(7-10(9)2)17-13-8-16-6-5-12(13)14(15)18/h5-6,8-11,17H,3-4,7H2,1-2H3,(H2,15,18). The van der Waals surface area contributed by atoms with Crippen LogP contribution in [0.25, 0.3) is 0 Å². The van der Waals surface area contributed by atoms with Crippen molar-refractivity contribution >= 4 is 22.9 Å². The lowest BCUT2D eigenvalue weighted by Crippen LogP contribution is -2.31. The van der Waals surface area contributed by atoms with Gasteiger partial charge in [0.1, 0.15) is 4.99 Å². The third-order valence-corrected chi connectivity index (χ3v) is 4.26. The largest absolute Gasteiger partial charge is 0.389 e. The average Bonchev–Trinajstić information content (AvgIpc) is 2.34. The number of nitrogens with two attached hydrogens (primary N) is 1. The predicted octanol–water partition coefficient (Wildman–Crippen LogP) is 2.95. The van der Waals surface area contributed by atoms with Crippen LogP contribution in [0.4, 0.5) is 5.69 Å². The van der Waals surface area contributed by atoms with Crippen molar-refractivity contribution in [1.82, 2.24) is 4.98 Å². The lowest BCUT2D eigenvalue weighted by Gasteiger charge is -2.33. The summed E-state index contributed by atoms with van der Waals surface area (Å²) in [6.07, 6.45) is 7.23. The van der Waals surface area contributed by atoms with Gasteiger partial charge in [-0.3, -0.25) is 4.98 Å². The van der Waals surface area contributed by atoms with Crippen molar-refractivity contribution in [3.8, 4) is 0 Å². The van der Waals surface area contributed by atoms with Crippen molar-refractivity contribution in [2.24, 2.45) is 17.6 Å². The third-order valence-electron chi connectivity index (χ3n) is 4.04. The molecule has 1 aliphatic rings. The molecule has 1 aromatic heterocycles. The summed E-state index contributed by atoms with van der Waals surface area (Å²) < 4.78 is 0. The summed E-state index contributed by atoms with van der Waals surface area (Å²) in [5.74, 6) is 1.59. The molecule has 0 spiro atoms. The molecule has 0 amide bonds. The number of aromatic nitrogens is 1. The molecule has 18 heavy (non-hydrogen) atoms. The van der Waals surface area contributed by atoms with E-state index in [1.807, 2.05) is 12.3 Å². The molecular weight excluding hydrogens is 242 g/mol. The molecule has 0 saturated heterocycles. The second kappa shape index (κ2) is 5.65. The highest BCUT2D eigenvalue weighted by molar-refractivity contribution is 7.80. The summed E-state index contributed by atoms with van der Waals surface area (Å²) in [6.45, 7) is 4.67. The van der Waals surface area contributed by atoms with E-state index in [9.17, 15) is 0 Å². The van der Waals surface area contributed by atoms with E-state index in [1.165, 1.54) is 19.3 Å². The van der Waals surface area contributed by atoms with Gasteiger partial charge in [0, 0.05) is 17.8 Å². The first-order valence-corrected chi connectivity index (χ1v) is 6.99. The molecule has 0 aliphatic heterocycles. The summed E-state index contributed by atoms with van der Waals surface area (Å²) in [6, 6.07) is 2.38. The molecule has 2 rings (SSSR count). The Labute approximate surface area is 114 Å². The maximum absolute atomic E-state index is 5.73. The van der Waals surface area contributed by atoms with Gasteiger partial charge in [0.15, 0.2) is 0 Å². The highest BCUT2D eigenvalue weighted by Gasteiger charge is 2.24. The van der Waals surface area contributed by atoms with Gasteiger partial charge in [-0.2, -0.15) is 0 Å². The second-order valence-corrected chi connectivity index (χ2v) is 5.83. The van der Waals surface area contributed by atoms with E-state index < -0.39 is 0 Å². The SMILES string of the molecule is CC1CCC(Nc2cnccc2C(N)=S)CC1C. The topological polar surface area (TPSA) is 50.9 Å². The molecule has 1 aromatic rings. The summed E-state index contributed by atoms with van der Waals surface area (Å²) in [5, 5.41) is 3.55. The molecule has 1 heterocycles. The molecule has 3 atom stereocenters. The second-order valence-electron chi connectivity index (χ2n) is 5.39. The van der Waals surface area contributed by atoms with Crippen LogP contribution in [0.15, 0.2) is 18.5 Å². The average molecular weight is 263 g/mol. The fourth-order valence-electron chi connectivity index (χ4n) is 2.62. The number of pyridine rings is 1. The van der Waals surface area contributed by atoms with Gasteiger partial charge in [0.2, 0.25) is 0 Å². The molecule has 0 bridgehead atoms. The van der Waals surface area contributed by atoms with Gasteiger partial charge in [-0.1, -0.05) is 26.1 Å². The van der Waals surface area contributed by atoms with Gasteiger partial charge in [-0.05, 0) is 37.2 Å². The number of thiocarbonyl (C=S) groups is 1. The summed E-state index contributed by atoms with van der Waals surface area (Å²) in [4.78, 5) is 4.58. The third kappa shape index (κ3) is 2.99. The fraction of sp³-hybridized carbons (Fsp3) is 0.571. The van der Waals surface area contributed by atoms with E-state index in [-0.39, 0.29) is 0 Å². The van der Waals surface area contributed by atoms with E-state index in [4.69, 9.17) is 18.0 Å². The van der Waals surface area contributed by atoms with Crippen molar-refractivity contribution in [2.45, 2.75) is 39.2 Å². The van der Waals surface area contributed by atoms with Gasteiger partial charge in [-0.25, -0.2) is 0 Å². The van der Waals surface area contributed by atoms with E-state index >= 15 is 0 Å². The minimum Gasteiger partial charge on any atom is -0.389 e. The number of nitrogens with zero attached hydrogens (tertiary/aromatic N) is 1. The molecule has 3 nitrogen and oxygen atoms in total. The summed E-state index contributed by atoms with van der Waals surface area (Å²) >= 11 is 5.07. The smallest absolute Gasteiger partial charge is 0.106 e. The number of anilines is 1. The molecule has 1 aliphatic carbocycles. The van der Waals surface area contributed by atoms with Gasteiger partial charge >= 0.3 is 0 Å². The Hall–Kier alpha value is -1.16. The van der Waals surface area contributed by atoms with Crippen LogP contribution in [0.2, 0.25) is 0 Å². The molecular formula is C14H21N3S. The van der Waals surface area contributed by atoms with Crippen LogP contribution in [0, 0.1) is 11.8 Å². The Morgan fingerprint density at radius 2 is 2.17 bits per heavy atom. The van der Waals surface area contributed by atoms with E-state index in [1.54, 1.807) is 6.20 Å². The normalized spacial score (nSPS) is 27.8. The Bertz CT molecular complexity index is 433. The Morgan fingerprint density at radius 3 is 2.83 bits per heavy atom. The Kier molecular flexibility index (Phi) is 4.17. The van der Waals surface area contributed by atoms with Crippen molar-refractivity contribution in [3.63, 3.8) is 0 Å². The van der Waals surface area contributed by atoms with E-state index in [0.29, 0.717) is 11.0 Å². The van der Waals surface area contributed by atoms with Crippen LogP contribution >= 0.6 is 12.2 Å². The lowest BCUT2D eigenvalue weighted by molar-refractivity contribution is 0.261. The number of hydrogen-bond acceptors (Lipinski definition) is 3. The van der Waals surface area contributed by atoms with E-state index in [2.05, 4.69) is 24.1 Å². The minimum atomic E-state index is 0.428. The number of hydrogen-bond donors (Lipinski definition) is 2. The molecule has 98 valence electrons. The van der Waals surface area contributed by atoms with Crippen molar-refractivity contribution in [2.75, 3.05) is 5.32 Å². The van der Waals surface area contributed by atoms with Crippen LogP contribution in [0.5, 0.6) is 0 Å².